The minimum Gasteiger partial charge on any atom is -0.443 e. The van der Waals surface area contributed by atoms with Crippen LogP contribution in [0.4, 0.5) is 0 Å². The van der Waals surface area contributed by atoms with Gasteiger partial charge in [-0.25, -0.2) is 4.98 Å². The molecule has 0 aliphatic heterocycles. The SMILES string of the molecule is Clc1ncc(-c2ccc(Cl)o2)[nH]1. The molecule has 0 unspecified atom stereocenters. The largest absolute Gasteiger partial charge is 0.443 e. The number of rotatable bonds is 1. The predicted molar refractivity (Wildman–Crippen MR) is 46.3 cm³/mol. The molecule has 2 heterocycles. The van der Waals surface area contributed by atoms with Crippen molar-refractivity contribution in [3.05, 3.63) is 28.8 Å². The van der Waals surface area contributed by atoms with Crippen LogP contribution in [-0.4, -0.2) is 9.97 Å². The molecule has 0 saturated heterocycles. The molecule has 3 nitrogen and oxygen atoms in total. The van der Waals surface area contributed by atoms with Crippen LogP contribution in [0.3, 0.4) is 0 Å². The molecule has 0 atom stereocenters. The maximum Gasteiger partial charge on any atom is 0.200 e. The van der Waals surface area contributed by atoms with Gasteiger partial charge in [-0.15, -0.1) is 0 Å². The number of aromatic amines is 1. The van der Waals surface area contributed by atoms with Crippen molar-refractivity contribution in [2.24, 2.45) is 0 Å². The fraction of sp³-hybridized carbons (Fsp3) is 0. The average molecular weight is 203 g/mol. The van der Waals surface area contributed by atoms with Crippen LogP contribution >= 0.6 is 23.2 Å². The Labute approximate surface area is 78.3 Å². The third-order valence-electron chi connectivity index (χ3n) is 1.38. The molecule has 0 aliphatic carbocycles. The molecule has 5 heteroatoms. The normalized spacial score (nSPS) is 10.5. The first-order valence-corrected chi connectivity index (χ1v) is 3.97. The van der Waals surface area contributed by atoms with E-state index in [1.807, 2.05) is 0 Å². The van der Waals surface area contributed by atoms with E-state index in [0.29, 0.717) is 22.0 Å². The zero-order valence-electron chi connectivity index (χ0n) is 5.84. The van der Waals surface area contributed by atoms with Crippen molar-refractivity contribution in [3.63, 3.8) is 0 Å². The van der Waals surface area contributed by atoms with E-state index in [9.17, 15) is 0 Å². The molecule has 0 amide bonds. The monoisotopic (exact) mass is 202 g/mol. The van der Waals surface area contributed by atoms with Crippen LogP contribution < -0.4 is 0 Å². The van der Waals surface area contributed by atoms with Gasteiger partial charge in [-0.3, -0.25) is 0 Å². The van der Waals surface area contributed by atoms with E-state index >= 15 is 0 Å². The first-order chi connectivity index (χ1) is 5.75. The second kappa shape index (κ2) is 2.84. The summed E-state index contributed by atoms with van der Waals surface area (Å²) in [4.78, 5) is 6.62. The van der Waals surface area contributed by atoms with Crippen LogP contribution in [0.15, 0.2) is 22.7 Å². The van der Waals surface area contributed by atoms with E-state index in [2.05, 4.69) is 9.97 Å². The Bertz CT molecular complexity index is 355. The third kappa shape index (κ3) is 1.33. The summed E-state index contributed by atoms with van der Waals surface area (Å²) in [6.07, 6.45) is 1.58. The summed E-state index contributed by atoms with van der Waals surface area (Å²) in [7, 11) is 0. The summed E-state index contributed by atoms with van der Waals surface area (Å²) in [5, 5.41) is 0.674. The molecule has 1 N–H and O–H groups in total. The van der Waals surface area contributed by atoms with Gasteiger partial charge in [-0.2, -0.15) is 0 Å². The highest BCUT2D eigenvalue weighted by Gasteiger charge is 2.05. The molecule has 2 aromatic rings. The second-order valence-electron chi connectivity index (χ2n) is 2.19. The standard InChI is InChI=1S/C7H4Cl2N2O/c8-6-2-1-5(12-6)4-3-10-7(9)11-4/h1-3H,(H,10,11). The van der Waals surface area contributed by atoms with Crippen LogP contribution in [-0.2, 0) is 0 Å². The highest BCUT2D eigenvalue weighted by Crippen LogP contribution is 2.23. The molecule has 62 valence electrons. The smallest absolute Gasteiger partial charge is 0.200 e. The Hall–Kier alpha value is -0.930. The molecule has 0 bridgehead atoms. The zero-order valence-corrected chi connectivity index (χ0v) is 7.36. The summed E-state index contributed by atoms with van der Waals surface area (Å²) in [6.45, 7) is 0. The van der Waals surface area contributed by atoms with Gasteiger partial charge in [-0.1, -0.05) is 0 Å². The van der Waals surface area contributed by atoms with Crippen LogP contribution in [0, 0.1) is 0 Å². The van der Waals surface area contributed by atoms with Gasteiger partial charge < -0.3 is 9.40 Å². The van der Waals surface area contributed by atoms with Crippen molar-refractivity contribution in [3.8, 4) is 11.5 Å². The number of halogens is 2. The fourth-order valence-electron chi connectivity index (χ4n) is 0.881. The highest BCUT2D eigenvalue weighted by molar-refractivity contribution is 6.29. The molecular formula is C7H4Cl2N2O. The molecule has 12 heavy (non-hydrogen) atoms. The number of nitrogens with zero attached hydrogens (tertiary/aromatic N) is 1. The Morgan fingerprint density at radius 1 is 1.33 bits per heavy atom. The summed E-state index contributed by atoms with van der Waals surface area (Å²) in [6, 6.07) is 3.40. The first-order valence-electron chi connectivity index (χ1n) is 3.22. The lowest BCUT2D eigenvalue weighted by Gasteiger charge is -1.87. The highest BCUT2D eigenvalue weighted by atomic mass is 35.5. The molecule has 2 rings (SSSR count). The van der Waals surface area contributed by atoms with Crippen molar-refractivity contribution in [2.45, 2.75) is 0 Å². The molecule has 2 aromatic heterocycles. The number of aromatic nitrogens is 2. The van der Waals surface area contributed by atoms with E-state index in [4.69, 9.17) is 27.6 Å². The van der Waals surface area contributed by atoms with E-state index in [-0.39, 0.29) is 0 Å². The maximum atomic E-state index is 5.58. The van der Waals surface area contributed by atoms with E-state index in [1.165, 1.54) is 0 Å². The number of H-pyrrole nitrogens is 1. The second-order valence-corrected chi connectivity index (χ2v) is 2.92. The van der Waals surface area contributed by atoms with Crippen molar-refractivity contribution in [2.75, 3.05) is 0 Å². The Morgan fingerprint density at radius 3 is 2.67 bits per heavy atom. The van der Waals surface area contributed by atoms with Crippen LogP contribution in [0.5, 0.6) is 0 Å². The first kappa shape index (κ1) is 7.71. The molecule has 0 aliphatic rings. The molecular weight excluding hydrogens is 199 g/mol. The van der Waals surface area contributed by atoms with E-state index in [1.54, 1.807) is 18.3 Å². The third-order valence-corrected chi connectivity index (χ3v) is 1.78. The van der Waals surface area contributed by atoms with Crippen molar-refractivity contribution in [1.29, 1.82) is 0 Å². The Morgan fingerprint density at radius 2 is 2.17 bits per heavy atom. The van der Waals surface area contributed by atoms with Gasteiger partial charge in [0.25, 0.3) is 0 Å². The van der Waals surface area contributed by atoms with Gasteiger partial charge in [0, 0.05) is 0 Å². The van der Waals surface area contributed by atoms with Crippen molar-refractivity contribution < 1.29 is 4.42 Å². The Kier molecular flexibility index (Phi) is 1.83. The van der Waals surface area contributed by atoms with Gasteiger partial charge in [0.2, 0.25) is 5.28 Å². The minimum atomic E-state index is 0.331. The van der Waals surface area contributed by atoms with Gasteiger partial charge in [0.05, 0.1) is 6.20 Å². The number of imidazole rings is 1. The molecule has 0 spiro atoms. The van der Waals surface area contributed by atoms with Gasteiger partial charge in [0.1, 0.15) is 5.69 Å². The summed E-state index contributed by atoms with van der Waals surface area (Å²) < 4.78 is 5.12. The summed E-state index contributed by atoms with van der Waals surface area (Å²) >= 11 is 11.2. The predicted octanol–water partition coefficient (Wildman–Crippen LogP) is 2.98. The maximum absolute atomic E-state index is 5.58. The summed E-state index contributed by atoms with van der Waals surface area (Å²) in [5.41, 5.74) is 0.715. The van der Waals surface area contributed by atoms with Gasteiger partial charge in [0.15, 0.2) is 11.0 Å². The molecule has 0 saturated carbocycles. The molecule has 0 fully saturated rings. The fourth-order valence-corrected chi connectivity index (χ4v) is 1.18. The van der Waals surface area contributed by atoms with Gasteiger partial charge in [-0.05, 0) is 35.3 Å². The molecule has 0 radical (unpaired) electrons. The lowest BCUT2D eigenvalue weighted by Crippen LogP contribution is -1.69. The Balaban J connectivity index is 2.43. The van der Waals surface area contributed by atoms with Crippen LogP contribution in [0.1, 0.15) is 0 Å². The lowest BCUT2D eigenvalue weighted by atomic mass is 10.4. The number of furan rings is 1. The minimum absolute atomic E-state index is 0.331. The number of nitrogens with one attached hydrogen (secondary N) is 1. The molecule has 0 aromatic carbocycles. The van der Waals surface area contributed by atoms with Crippen molar-refractivity contribution in [1.82, 2.24) is 9.97 Å². The van der Waals surface area contributed by atoms with Gasteiger partial charge >= 0.3 is 0 Å². The quantitative estimate of drug-likeness (QED) is 0.773. The van der Waals surface area contributed by atoms with Crippen LogP contribution in [0.2, 0.25) is 10.5 Å². The van der Waals surface area contributed by atoms with Crippen molar-refractivity contribution >= 4 is 23.2 Å². The topological polar surface area (TPSA) is 41.8 Å². The number of hydrogen-bond donors (Lipinski definition) is 1. The summed E-state index contributed by atoms with van der Waals surface area (Å²) in [5.74, 6) is 0.624. The van der Waals surface area contributed by atoms with E-state index < -0.39 is 0 Å². The average Bonchev–Trinajstić information content (AvgIpc) is 2.58. The van der Waals surface area contributed by atoms with Crippen LogP contribution in [0.25, 0.3) is 11.5 Å². The number of hydrogen-bond acceptors (Lipinski definition) is 2. The zero-order chi connectivity index (χ0) is 8.55. The lowest BCUT2D eigenvalue weighted by molar-refractivity contribution is 0.582. The van der Waals surface area contributed by atoms with E-state index in [0.717, 1.165) is 0 Å².